The van der Waals surface area contributed by atoms with Crippen LogP contribution < -0.4 is 4.74 Å². The summed E-state index contributed by atoms with van der Waals surface area (Å²) in [6.45, 7) is 5.44. The Hall–Kier alpha value is -2.41. The van der Waals surface area contributed by atoms with E-state index in [1.165, 1.54) is 0 Å². The largest absolute Gasteiger partial charge is 0.473 e. The van der Waals surface area contributed by atoms with Crippen molar-refractivity contribution in [3.63, 3.8) is 0 Å². The van der Waals surface area contributed by atoms with Crippen LogP contribution in [-0.2, 0) is 4.74 Å². The standard InChI is InChI=1S/C18H21N3O4/c1-12-7-15(13(2)24-12)17(22)21-10-18(11-21)8-14(3-6-23-18)25-16-9-19-4-5-20-16/h4-5,7,9,14H,3,6,8,10-11H2,1-2H3/t14-/m1/s1. The van der Waals surface area contributed by atoms with Gasteiger partial charge < -0.3 is 18.8 Å². The van der Waals surface area contributed by atoms with E-state index < -0.39 is 0 Å². The molecule has 4 rings (SSSR count). The molecule has 2 aromatic heterocycles. The van der Waals surface area contributed by atoms with Crippen molar-refractivity contribution in [3.8, 4) is 5.88 Å². The lowest BCUT2D eigenvalue weighted by Gasteiger charge is -2.52. The minimum absolute atomic E-state index is 0.000503. The first-order chi connectivity index (χ1) is 12.0. The molecule has 0 aromatic carbocycles. The van der Waals surface area contributed by atoms with E-state index in [-0.39, 0.29) is 17.6 Å². The second-order valence-electron chi connectivity index (χ2n) is 6.80. The van der Waals surface area contributed by atoms with Crippen molar-refractivity contribution in [1.82, 2.24) is 14.9 Å². The van der Waals surface area contributed by atoms with Crippen molar-refractivity contribution >= 4 is 5.91 Å². The van der Waals surface area contributed by atoms with Gasteiger partial charge in [0.2, 0.25) is 5.88 Å². The molecule has 2 aliphatic rings. The fourth-order valence-electron chi connectivity index (χ4n) is 3.63. The summed E-state index contributed by atoms with van der Waals surface area (Å²) < 4.78 is 17.4. The van der Waals surface area contributed by atoms with Crippen molar-refractivity contribution in [1.29, 1.82) is 0 Å². The van der Waals surface area contributed by atoms with E-state index in [0.717, 1.165) is 18.6 Å². The van der Waals surface area contributed by atoms with Gasteiger partial charge in [0.25, 0.3) is 5.91 Å². The van der Waals surface area contributed by atoms with E-state index in [0.29, 0.717) is 36.9 Å². The zero-order valence-corrected chi connectivity index (χ0v) is 14.4. The van der Waals surface area contributed by atoms with E-state index in [1.807, 2.05) is 18.7 Å². The Labute approximate surface area is 146 Å². The summed E-state index contributed by atoms with van der Waals surface area (Å²) in [6.07, 6.45) is 6.43. The van der Waals surface area contributed by atoms with Crippen LogP contribution in [0.1, 0.15) is 34.7 Å². The Morgan fingerprint density at radius 1 is 1.36 bits per heavy atom. The second kappa shape index (κ2) is 6.15. The van der Waals surface area contributed by atoms with Crippen LogP contribution in [-0.4, -0.2) is 52.2 Å². The lowest BCUT2D eigenvalue weighted by molar-refractivity contribution is -0.174. The number of nitrogens with zero attached hydrogens (tertiary/aromatic N) is 3. The third-order valence-corrected chi connectivity index (χ3v) is 4.79. The number of carbonyl (C=O) groups excluding carboxylic acids is 1. The van der Waals surface area contributed by atoms with E-state index in [1.54, 1.807) is 24.7 Å². The molecule has 25 heavy (non-hydrogen) atoms. The highest BCUT2D eigenvalue weighted by Gasteiger charge is 2.50. The van der Waals surface area contributed by atoms with Crippen LogP contribution in [0, 0.1) is 13.8 Å². The molecule has 0 aliphatic carbocycles. The number of likely N-dealkylation sites (tertiary alicyclic amines) is 1. The van der Waals surface area contributed by atoms with Gasteiger partial charge in [-0.3, -0.25) is 9.78 Å². The summed E-state index contributed by atoms with van der Waals surface area (Å²) in [5, 5.41) is 0. The molecule has 132 valence electrons. The van der Waals surface area contributed by atoms with Crippen LogP contribution in [0.3, 0.4) is 0 Å². The molecule has 0 bridgehead atoms. The molecule has 2 aromatic rings. The summed E-state index contributed by atoms with van der Waals surface area (Å²) >= 11 is 0. The van der Waals surface area contributed by atoms with Crippen molar-refractivity contribution in [2.45, 2.75) is 38.4 Å². The van der Waals surface area contributed by atoms with E-state index >= 15 is 0 Å². The maximum Gasteiger partial charge on any atom is 0.257 e. The number of furan rings is 1. The van der Waals surface area contributed by atoms with Crippen LogP contribution in [0.15, 0.2) is 29.1 Å². The number of ether oxygens (including phenoxy) is 2. The maximum atomic E-state index is 12.6. The fourth-order valence-corrected chi connectivity index (χ4v) is 3.63. The number of hydrogen-bond donors (Lipinski definition) is 0. The molecule has 0 N–H and O–H groups in total. The summed E-state index contributed by atoms with van der Waals surface area (Å²) in [5.74, 6) is 1.95. The van der Waals surface area contributed by atoms with Gasteiger partial charge in [0.1, 0.15) is 23.2 Å². The van der Waals surface area contributed by atoms with Crippen LogP contribution in [0.4, 0.5) is 0 Å². The van der Waals surface area contributed by atoms with Crippen LogP contribution in [0.25, 0.3) is 0 Å². The molecular formula is C18H21N3O4. The van der Waals surface area contributed by atoms with Crippen molar-refractivity contribution in [2.24, 2.45) is 0 Å². The van der Waals surface area contributed by atoms with E-state index in [9.17, 15) is 4.79 Å². The predicted octanol–water partition coefficient (Wildman–Crippen LogP) is 2.14. The lowest BCUT2D eigenvalue weighted by Crippen LogP contribution is -2.67. The Kier molecular flexibility index (Phi) is 3.95. The first-order valence-electron chi connectivity index (χ1n) is 8.48. The van der Waals surface area contributed by atoms with Gasteiger partial charge in [-0.1, -0.05) is 0 Å². The number of hydrogen-bond acceptors (Lipinski definition) is 6. The average Bonchev–Trinajstić information content (AvgIpc) is 2.91. The molecule has 1 spiro atoms. The normalized spacial score (nSPS) is 21.8. The van der Waals surface area contributed by atoms with Crippen molar-refractivity contribution in [2.75, 3.05) is 19.7 Å². The Morgan fingerprint density at radius 3 is 2.88 bits per heavy atom. The maximum absolute atomic E-state index is 12.6. The summed E-state index contributed by atoms with van der Waals surface area (Å²) in [5.41, 5.74) is 0.323. The van der Waals surface area contributed by atoms with Gasteiger partial charge in [0, 0.05) is 25.2 Å². The number of amides is 1. The molecule has 0 unspecified atom stereocenters. The number of carbonyl (C=O) groups is 1. The molecule has 0 saturated carbocycles. The summed E-state index contributed by atoms with van der Waals surface area (Å²) in [7, 11) is 0. The smallest absolute Gasteiger partial charge is 0.257 e. The van der Waals surface area contributed by atoms with Gasteiger partial charge in [-0.15, -0.1) is 0 Å². The molecule has 0 radical (unpaired) electrons. The second-order valence-corrected chi connectivity index (χ2v) is 6.80. The SMILES string of the molecule is Cc1cc(C(=O)N2CC3(C[C@H](Oc4cnccn4)CCO3)C2)c(C)o1. The van der Waals surface area contributed by atoms with Gasteiger partial charge >= 0.3 is 0 Å². The minimum Gasteiger partial charge on any atom is -0.473 e. The highest BCUT2D eigenvalue weighted by Crippen LogP contribution is 2.36. The molecule has 7 nitrogen and oxygen atoms in total. The lowest BCUT2D eigenvalue weighted by atomic mass is 9.84. The van der Waals surface area contributed by atoms with Gasteiger partial charge in [-0.2, -0.15) is 0 Å². The Bertz CT molecular complexity index is 768. The molecule has 2 saturated heterocycles. The topological polar surface area (TPSA) is 77.7 Å². The van der Waals surface area contributed by atoms with Gasteiger partial charge in [-0.05, 0) is 19.9 Å². The van der Waals surface area contributed by atoms with Crippen LogP contribution in [0.5, 0.6) is 5.88 Å². The van der Waals surface area contributed by atoms with E-state index in [2.05, 4.69) is 9.97 Å². The van der Waals surface area contributed by atoms with Crippen LogP contribution in [0.2, 0.25) is 0 Å². The summed E-state index contributed by atoms with van der Waals surface area (Å²) in [6, 6.07) is 1.80. The van der Waals surface area contributed by atoms with Gasteiger partial charge in [0.15, 0.2) is 0 Å². The predicted molar refractivity (Wildman–Crippen MR) is 88.5 cm³/mol. The van der Waals surface area contributed by atoms with E-state index in [4.69, 9.17) is 13.9 Å². The quantitative estimate of drug-likeness (QED) is 0.850. The van der Waals surface area contributed by atoms with Gasteiger partial charge in [0.05, 0.1) is 31.5 Å². The average molecular weight is 343 g/mol. The third kappa shape index (κ3) is 3.11. The monoisotopic (exact) mass is 343 g/mol. The Balaban J connectivity index is 1.38. The molecule has 1 amide bonds. The fraction of sp³-hybridized carbons (Fsp3) is 0.500. The number of rotatable bonds is 3. The molecular weight excluding hydrogens is 322 g/mol. The number of aryl methyl sites for hydroxylation is 2. The zero-order chi connectivity index (χ0) is 17.4. The zero-order valence-electron chi connectivity index (χ0n) is 14.4. The highest BCUT2D eigenvalue weighted by molar-refractivity contribution is 5.96. The third-order valence-electron chi connectivity index (χ3n) is 4.79. The van der Waals surface area contributed by atoms with Crippen molar-refractivity contribution < 1.29 is 18.7 Å². The van der Waals surface area contributed by atoms with Crippen molar-refractivity contribution in [3.05, 3.63) is 41.7 Å². The summed E-state index contributed by atoms with van der Waals surface area (Å²) in [4.78, 5) is 22.6. The molecule has 1 atom stereocenters. The Morgan fingerprint density at radius 2 is 2.20 bits per heavy atom. The first kappa shape index (κ1) is 16.1. The first-order valence-corrected chi connectivity index (χ1v) is 8.48. The van der Waals surface area contributed by atoms with Gasteiger partial charge in [-0.25, -0.2) is 4.98 Å². The molecule has 2 aliphatic heterocycles. The minimum atomic E-state index is -0.312. The van der Waals surface area contributed by atoms with Crippen LogP contribution >= 0.6 is 0 Å². The molecule has 7 heteroatoms. The molecule has 4 heterocycles. The highest BCUT2D eigenvalue weighted by atomic mass is 16.5. The molecule has 2 fully saturated rings. The number of aromatic nitrogens is 2.